The van der Waals surface area contributed by atoms with E-state index in [4.69, 9.17) is 10.1 Å². The maximum atomic E-state index is 7.69. The van der Waals surface area contributed by atoms with Crippen LogP contribution >= 0.6 is 11.3 Å². The molecule has 0 bridgehead atoms. The second kappa shape index (κ2) is 9.16. The molecule has 1 aromatic heterocycles. The van der Waals surface area contributed by atoms with E-state index in [2.05, 4.69) is 23.2 Å². The molecule has 2 aromatic carbocycles. The molecule has 28 heavy (non-hydrogen) atoms. The van der Waals surface area contributed by atoms with E-state index in [9.17, 15) is 0 Å². The van der Waals surface area contributed by atoms with E-state index >= 15 is 0 Å². The first-order valence-corrected chi connectivity index (χ1v) is 10.9. The van der Waals surface area contributed by atoms with Gasteiger partial charge in [0.25, 0.3) is 0 Å². The number of nitrogens with zero attached hydrogens (tertiary/aromatic N) is 1. The van der Waals surface area contributed by atoms with Crippen LogP contribution in [0.15, 0.2) is 42.6 Å². The van der Waals surface area contributed by atoms with Crippen LogP contribution in [-0.2, 0) is 12.8 Å². The third-order valence-electron chi connectivity index (χ3n) is 4.69. The highest BCUT2D eigenvalue weighted by Crippen LogP contribution is 2.38. The average Bonchev–Trinajstić information content (AvgIpc) is 3.39. The molecule has 0 saturated carbocycles. The summed E-state index contributed by atoms with van der Waals surface area (Å²) in [6.45, 7) is 7.99. The molecular formula is C24H28N2OS. The highest BCUT2D eigenvalue weighted by molar-refractivity contribution is 7.18. The molecule has 0 fully saturated rings. The predicted molar refractivity (Wildman–Crippen MR) is 120 cm³/mol. The van der Waals surface area contributed by atoms with Crippen molar-refractivity contribution < 1.29 is 4.74 Å². The molecule has 3 aromatic rings. The van der Waals surface area contributed by atoms with Gasteiger partial charge in [-0.2, -0.15) is 0 Å². The van der Waals surface area contributed by atoms with Crippen molar-refractivity contribution >= 4 is 17.6 Å². The molecule has 0 spiro atoms. The minimum atomic E-state index is 0.0891. The van der Waals surface area contributed by atoms with Crippen molar-refractivity contribution in [2.75, 3.05) is 0 Å². The maximum absolute atomic E-state index is 7.69. The molecule has 4 rings (SSSR count). The van der Waals surface area contributed by atoms with E-state index in [0.717, 1.165) is 28.3 Å². The van der Waals surface area contributed by atoms with Crippen LogP contribution in [0, 0.1) is 5.41 Å². The third-order valence-corrected chi connectivity index (χ3v) is 5.77. The molecule has 0 radical (unpaired) electrons. The van der Waals surface area contributed by atoms with Crippen molar-refractivity contribution in [2.24, 2.45) is 0 Å². The Morgan fingerprint density at radius 1 is 1.14 bits per heavy atom. The van der Waals surface area contributed by atoms with E-state index < -0.39 is 0 Å². The molecule has 0 amide bonds. The first kappa shape index (κ1) is 20.3. The van der Waals surface area contributed by atoms with E-state index in [0.29, 0.717) is 0 Å². The number of fused-ring (bicyclic) bond motifs is 1. The van der Waals surface area contributed by atoms with Gasteiger partial charge in [0.2, 0.25) is 0 Å². The van der Waals surface area contributed by atoms with Crippen LogP contribution < -0.4 is 4.74 Å². The van der Waals surface area contributed by atoms with E-state index in [1.165, 1.54) is 40.6 Å². The van der Waals surface area contributed by atoms with Crippen LogP contribution in [0.5, 0.6) is 5.75 Å². The van der Waals surface area contributed by atoms with Crippen LogP contribution in [0.1, 0.15) is 50.8 Å². The summed E-state index contributed by atoms with van der Waals surface area (Å²) in [4.78, 5) is 5.88. The Balaban J connectivity index is 0.00000109. The van der Waals surface area contributed by atoms with Crippen molar-refractivity contribution in [3.63, 3.8) is 0 Å². The Bertz CT molecular complexity index is 959. The molecule has 4 heteroatoms. The Hall–Kier alpha value is -2.46. The quantitative estimate of drug-likeness (QED) is 0.487. The second-order valence-corrected chi connectivity index (χ2v) is 7.92. The van der Waals surface area contributed by atoms with Crippen LogP contribution in [0.2, 0.25) is 0 Å². The van der Waals surface area contributed by atoms with Crippen LogP contribution in [0.3, 0.4) is 0 Å². The molecule has 1 heterocycles. The van der Waals surface area contributed by atoms with Gasteiger partial charge in [0, 0.05) is 23.5 Å². The molecule has 0 aliphatic heterocycles. The number of benzene rings is 2. The highest BCUT2D eigenvalue weighted by atomic mass is 32.1. The summed E-state index contributed by atoms with van der Waals surface area (Å²) in [7, 11) is 0. The summed E-state index contributed by atoms with van der Waals surface area (Å²) in [6.07, 6.45) is 7.02. The van der Waals surface area contributed by atoms with Crippen LogP contribution in [-0.4, -0.2) is 17.3 Å². The third kappa shape index (κ3) is 4.17. The average molecular weight is 393 g/mol. The number of aromatic nitrogens is 1. The van der Waals surface area contributed by atoms with Crippen molar-refractivity contribution in [1.82, 2.24) is 4.98 Å². The molecule has 146 valence electrons. The summed E-state index contributed by atoms with van der Waals surface area (Å²) >= 11 is 1.72. The molecule has 3 nitrogen and oxygen atoms in total. The molecule has 1 N–H and O–H groups in total. The zero-order valence-corrected chi connectivity index (χ0v) is 17.9. The van der Waals surface area contributed by atoms with E-state index in [1.54, 1.807) is 11.3 Å². The van der Waals surface area contributed by atoms with Crippen molar-refractivity contribution in [3.8, 4) is 26.8 Å². The van der Waals surface area contributed by atoms with Gasteiger partial charge in [0.1, 0.15) is 10.8 Å². The second-order valence-electron chi connectivity index (χ2n) is 6.89. The number of hydrogen-bond acceptors (Lipinski definition) is 4. The smallest absolute Gasteiger partial charge is 0.128 e. The number of ether oxygens (including phenoxy) is 1. The fourth-order valence-corrected chi connectivity index (χ4v) is 4.50. The normalized spacial score (nSPS) is 12.3. The lowest BCUT2D eigenvalue weighted by Crippen LogP contribution is -2.07. The zero-order valence-electron chi connectivity index (χ0n) is 17.1. The monoisotopic (exact) mass is 392 g/mol. The largest absolute Gasteiger partial charge is 0.490 e. The lowest BCUT2D eigenvalue weighted by atomic mass is 10.0. The van der Waals surface area contributed by atoms with Crippen LogP contribution in [0.25, 0.3) is 21.0 Å². The van der Waals surface area contributed by atoms with Crippen molar-refractivity contribution in [1.29, 1.82) is 5.41 Å². The lowest BCUT2D eigenvalue weighted by Gasteiger charge is -2.12. The number of nitrogens with one attached hydrogen (secondary N) is 1. The SMILES string of the molecule is CC.CC(C)Oc1ccc(-c2ncc(-c3cccc4c3CCC4)s2)cc1C=N. The minimum absolute atomic E-state index is 0.0891. The fourth-order valence-electron chi connectivity index (χ4n) is 3.54. The van der Waals surface area contributed by atoms with Gasteiger partial charge >= 0.3 is 0 Å². The molecular weight excluding hydrogens is 364 g/mol. The fraction of sp³-hybridized carbons (Fsp3) is 0.333. The van der Waals surface area contributed by atoms with Crippen molar-refractivity contribution in [3.05, 3.63) is 59.3 Å². The Morgan fingerprint density at radius 2 is 1.96 bits per heavy atom. The van der Waals surface area contributed by atoms with Gasteiger partial charge in [0.05, 0.1) is 11.0 Å². The summed E-state index contributed by atoms with van der Waals surface area (Å²) in [5.74, 6) is 0.747. The minimum Gasteiger partial charge on any atom is -0.490 e. The van der Waals surface area contributed by atoms with Crippen LogP contribution in [0.4, 0.5) is 0 Å². The number of thiazole rings is 1. The molecule has 1 aliphatic carbocycles. The standard InChI is InChI=1S/C22H22N2OS.C2H6/c1-14(2)25-20-10-9-16(11-17(20)12-23)22-24-13-21(26-22)19-8-4-6-15-5-3-7-18(15)19;1-2/h4,6,8-14,23H,3,5,7H2,1-2H3;1-2H3. The summed E-state index contributed by atoms with van der Waals surface area (Å²) in [5, 5.41) is 8.67. The van der Waals surface area contributed by atoms with Gasteiger partial charge in [-0.15, -0.1) is 11.3 Å². The lowest BCUT2D eigenvalue weighted by molar-refractivity contribution is 0.242. The van der Waals surface area contributed by atoms with Gasteiger partial charge in [0.15, 0.2) is 0 Å². The Kier molecular flexibility index (Phi) is 6.63. The number of aryl methyl sites for hydroxylation is 1. The maximum Gasteiger partial charge on any atom is 0.128 e. The van der Waals surface area contributed by atoms with Crippen molar-refractivity contribution in [2.45, 2.75) is 53.1 Å². The Morgan fingerprint density at radius 3 is 2.71 bits per heavy atom. The summed E-state index contributed by atoms with van der Waals surface area (Å²) in [6, 6.07) is 12.6. The van der Waals surface area contributed by atoms with Gasteiger partial charge in [-0.25, -0.2) is 4.98 Å². The molecule has 0 atom stereocenters. The van der Waals surface area contributed by atoms with Gasteiger partial charge in [-0.05, 0) is 68.0 Å². The molecule has 0 saturated heterocycles. The van der Waals surface area contributed by atoms with Gasteiger partial charge < -0.3 is 10.1 Å². The zero-order chi connectivity index (χ0) is 20.1. The van der Waals surface area contributed by atoms with E-state index in [-0.39, 0.29) is 6.10 Å². The number of hydrogen-bond donors (Lipinski definition) is 1. The first-order valence-electron chi connectivity index (χ1n) is 10.0. The summed E-state index contributed by atoms with van der Waals surface area (Å²) in [5.41, 5.74) is 6.12. The van der Waals surface area contributed by atoms with Gasteiger partial charge in [-0.3, -0.25) is 0 Å². The van der Waals surface area contributed by atoms with E-state index in [1.807, 2.05) is 52.1 Å². The molecule has 0 unspecified atom stereocenters. The Labute approximate surface area is 171 Å². The number of rotatable bonds is 5. The van der Waals surface area contributed by atoms with Gasteiger partial charge in [-0.1, -0.05) is 32.0 Å². The topological polar surface area (TPSA) is 46.0 Å². The molecule has 1 aliphatic rings. The summed E-state index contributed by atoms with van der Waals surface area (Å²) < 4.78 is 5.78. The highest BCUT2D eigenvalue weighted by Gasteiger charge is 2.17. The first-order chi connectivity index (χ1) is 13.7. The predicted octanol–water partition coefficient (Wildman–Crippen LogP) is 6.78.